The summed E-state index contributed by atoms with van der Waals surface area (Å²) in [6, 6.07) is 20.8. The molecule has 3 aromatic rings. The molecule has 0 fully saturated rings. The fourth-order valence-electron chi connectivity index (χ4n) is 3.17. The fourth-order valence-corrected chi connectivity index (χ4v) is 3.17. The number of hydrogen-bond acceptors (Lipinski definition) is 3. The van der Waals surface area contributed by atoms with Gasteiger partial charge in [-0.1, -0.05) is 48.5 Å². The summed E-state index contributed by atoms with van der Waals surface area (Å²) in [6.07, 6.45) is 3.15. The van der Waals surface area contributed by atoms with Gasteiger partial charge in [-0.05, 0) is 35.9 Å². The van der Waals surface area contributed by atoms with Gasteiger partial charge < -0.3 is 15.0 Å². The summed E-state index contributed by atoms with van der Waals surface area (Å²) in [5.41, 5.74) is 2.31. The summed E-state index contributed by atoms with van der Waals surface area (Å²) in [5.74, 6) is -0.460. The third-order valence-electron chi connectivity index (χ3n) is 4.68. The molecule has 3 aromatic carbocycles. The van der Waals surface area contributed by atoms with Crippen molar-refractivity contribution in [3.05, 3.63) is 95.8 Å². The van der Waals surface area contributed by atoms with E-state index in [1.807, 2.05) is 30.3 Å². The van der Waals surface area contributed by atoms with Crippen molar-refractivity contribution in [3.8, 4) is 5.75 Å². The van der Waals surface area contributed by atoms with Gasteiger partial charge in [0, 0.05) is 17.3 Å². The third-order valence-corrected chi connectivity index (χ3v) is 4.68. The number of fused-ring (bicyclic) bond motifs is 1. The third kappa shape index (κ3) is 4.38. The molecule has 1 heterocycles. The Kier molecular flexibility index (Phi) is 5.57. The van der Waals surface area contributed by atoms with Crippen LogP contribution in [-0.4, -0.2) is 18.4 Å². The molecule has 6 heteroatoms. The van der Waals surface area contributed by atoms with E-state index in [4.69, 9.17) is 4.74 Å². The smallest absolute Gasteiger partial charge is 0.265 e. The van der Waals surface area contributed by atoms with Gasteiger partial charge in [0.2, 0.25) is 5.91 Å². The lowest BCUT2D eigenvalue weighted by atomic mass is 10.1. The van der Waals surface area contributed by atoms with Crippen LogP contribution >= 0.6 is 0 Å². The molecule has 0 saturated carbocycles. The molecule has 0 aromatic heterocycles. The van der Waals surface area contributed by atoms with Crippen LogP contribution in [0, 0.1) is 5.82 Å². The zero-order chi connectivity index (χ0) is 20.9. The Morgan fingerprint density at radius 2 is 1.83 bits per heavy atom. The molecule has 30 heavy (non-hydrogen) atoms. The summed E-state index contributed by atoms with van der Waals surface area (Å²) in [5, 5.41) is 2.78. The Labute approximate surface area is 173 Å². The number of ether oxygens (including phenoxy) is 1. The first kappa shape index (κ1) is 19.4. The molecule has 0 saturated heterocycles. The number of halogens is 1. The van der Waals surface area contributed by atoms with Gasteiger partial charge in [0.05, 0.1) is 12.2 Å². The van der Waals surface area contributed by atoms with Crippen molar-refractivity contribution in [1.29, 1.82) is 0 Å². The van der Waals surface area contributed by atoms with Crippen molar-refractivity contribution in [1.82, 2.24) is 0 Å². The van der Waals surface area contributed by atoms with E-state index in [9.17, 15) is 14.0 Å². The maximum atomic E-state index is 14.1. The summed E-state index contributed by atoms with van der Waals surface area (Å²) in [4.78, 5) is 26.2. The van der Waals surface area contributed by atoms with Crippen LogP contribution in [0.25, 0.3) is 6.08 Å². The van der Waals surface area contributed by atoms with Gasteiger partial charge in [-0.2, -0.15) is 0 Å². The maximum Gasteiger partial charge on any atom is 0.265 e. The molecule has 2 amide bonds. The molecule has 0 atom stereocenters. The van der Waals surface area contributed by atoms with Gasteiger partial charge in [0.15, 0.2) is 6.61 Å². The van der Waals surface area contributed by atoms with Crippen LogP contribution in [0.1, 0.15) is 11.1 Å². The van der Waals surface area contributed by atoms with Crippen molar-refractivity contribution >= 4 is 29.3 Å². The van der Waals surface area contributed by atoms with Crippen molar-refractivity contribution in [2.75, 3.05) is 16.8 Å². The molecular weight excluding hydrogens is 383 g/mol. The second-order valence-corrected chi connectivity index (χ2v) is 6.78. The Bertz CT molecular complexity index is 1110. The van der Waals surface area contributed by atoms with Crippen LogP contribution in [0.5, 0.6) is 5.75 Å². The Morgan fingerprint density at radius 1 is 1.07 bits per heavy atom. The Balaban J connectivity index is 1.54. The number of benzene rings is 3. The van der Waals surface area contributed by atoms with Gasteiger partial charge in [0.25, 0.3) is 5.91 Å². The molecule has 1 N–H and O–H groups in total. The average Bonchev–Trinajstić information content (AvgIpc) is 2.76. The molecule has 1 aliphatic rings. The van der Waals surface area contributed by atoms with Crippen molar-refractivity contribution in [3.63, 3.8) is 0 Å². The monoisotopic (exact) mass is 402 g/mol. The van der Waals surface area contributed by atoms with Crippen molar-refractivity contribution < 1.29 is 18.7 Å². The first-order chi connectivity index (χ1) is 14.6. The van der Waals surface area contributed by atoms with E-state index in [1.165, 1.54) is 17.0 Å². The van der Waals surface area contributed by atoms with E-state index in [1.54, 1.807) is 42.5 Å². The zero-order valence-electron chi connectivity index (χ0n) is 16.0. The Hall–Kier alpha value is -3.93. The van der Waals surface area contributed by atoms with Crippen LogP contribution in [-0.2, 0) is 16.1 Å². The average molecular weight is 402 g/mol. The normalized spacial score (nSPS) is 13.1. The van der Waals surface area contributed by atoms with Crippen LogP contribution in [0.15, 0.2) is 78.9 Å². The molecule has 5 nitrogen and oxygen atoms in total. The predicted octanol–water partition coefficient (Wildman–Crippen LogP) is 4.40. The first-order valence-electron chi connectivity index (χ1n) is 9.45. The second-order valence-electron chi connectivity index (χ2n) is 6.78. The van der Waals surface area contributed by atoms with E-state index >= 15 is 0 Å². The topological polar surface area (TPSA) is 58.6 Å². The number of carbonyl (C=O) groups is 2. The summed E-state index contributed by atoms with van der Waals surface area (Å²) in [7, 11) is 0. The lowest BCUT2D eigenvalue weighted by Gasteiger charge is -2.30. The lowest BCUT2D eigenvalue weighted by molar-refractivity contribution is -0.121. The number of amides is 2. The van der Waals surface area contributed by atoms with Crippen LogP contribution in [0.3, 0.4) is 0 Å². The summed E-state index contributed by atoms with van der Waals surface area (Å²) < 4.78 is 19.6. The Morgan fingerprint density at radius 3 is 2.63 bits per heavy atom. The molecule has 0 bridgehead atoms. The van der Waals surface area contributed by atoms with Gasteiger partial charge in [-0.15, -0.1) is 0 Å². The summed E-state index contributed by atoms with van der Waals surface area (Å²) in [6.45, 7) is -0.0415. The van der Waals surface area contributed by atoms with Crippen LogP contribution in [0.2, 0.25) is 0 Å². The minimum Gasteiger partial charge on any atom is -0.482 e. The highest BCUT2D eigenvalue weighted by molar-refractivity contribution is 6.03. The molecular formula is C24H19FN2O3. The molecule has 0 radical (unpaired) electrons. The highest BCUT2D eigenvalue weighted by Gasteiger charge is 2.26. The minimum absolute atomic E-state index is 0.0766. The van der Waals surface area contributed by atoms with Gasteiger partial charge in [-0.3, -0.25) is 9.59 Å². The van der Waals surface area contributed by atoms with Gasteiger partial charge in [0.1, 0.15) is 11.6 Å². The van der Waals surface area contributed by atoms with E-state index in [-0.39, 0.29) is 30.8 Å². The second kappa shape index (κ2) is 8.61. The van der Waals surface area contributed by atoms with Gasteiger partial charge >= 0.3 is 0 Å². The molecule has 4 rings (SSSR count). The van der Waals surface area contributed by atoms with E-state index in [0.29, 0.717) is 22.7 Å². The van der Waals surface area contributed by atoms with Crippen LogP contribution < -0.4 is 15.0 Å². The van der Waals surface area contributed by atoms with E-state index in [0.717, 1.165) is 5.56 Å². The highest BCUT2D eigenvalue weighted by atomic mass is 19.1. The number of rotatable bonds is 5. The highest BCUT2D eigenvalue weighted by Crippen LogP contribution is 2.35. The lowest BCUT2D eigenvalue weighted by Crippen LogP contribution is -2.38. The predicted molar refractivity (Wildman–Crippen MR) is 114 cm³/mol. The molecule has 0 unspecified atom stereocenters. The van der Waals surface area contributed by atoms with E-state index in [2.05, 4.69) is 5.32 Å². The maximum absolute atomic E-state index is 14.1. The number of anilines is 2. The molecule has 150 valence electrons. The minimum atomic E-state index is -0.381. The SMILES string of the molecule is O=C(/C=C/c1ccccc1)Nc1ccc2c(c1)N(Cc1ccccc1F)C(=O)CO2. The van der Waals surface area contributed by atoms with E-state index < -0.39 is 0 Å². The quantitative estimate of drug-likeness (QED) is 0.644. The van der Waals surface area contributed by atoms with Crippen molar-refractivity contribution in [2.45, 2.75) is 6.54 Å². The van der Waals surface area contributed by atoms with Crippen molar-refractivity contribution in [2.24, 2.45) is 0 Å². The summed E-state index contributed by atoms with van der Waals surface area (Å²) >= 11 is 0. The van der Waals surface area contributed by atoms with Crippen LogP contribution in [0.4, 0.5) is 15.8 Å². The fraction of sp³-hybridized carbons (Fsp3) is 0.0833. The molecule has 0 spiro atoms. The molecule has 0 aliphatic carbocycles. The number of carbonyl (C=O) groups excluding carboxylic acids is 2. The number of hydrogen-bond donors (Lipinski definition) is 1. The molecule has 1 aliphatic heterocycles. The number of nitrogens with one attached hydrogen (secondary N) is 1. The standard InChI is InChI=1S/C24H19FN2O3/c25-20-9-5-4-8-18(20)15-27-21-14-19(11-12-22(21)30-16-24(27)29)26-23(28)13-10-17-6-2-1-3-7-17/h1-14H,15-16H2,(H,26,28)/b13-10+. The largest absolute Gasteiger partial charge is 0.482 e. The first-order valence-corrected chi connectivity index (χ1v) is 9.45. The van der Waals surface area contributed by atoms with Gasteiger partial charge in [-0.25, -0.2) is 4.39 Å². The number of nitrogens with zero attached hydrogens (tertiary/aromatic N) is 1. The zero-order valence-corrected chi connectivity index (χ0v) is 16.0.